The number of piperidine rings is 1. The summed E-state index contributed by atoms with van der Waals surface area (Å²) in [6, 6.07) is 24.9. The fourth-order valence-corrected chi connectivity index (χ4v) is 4.88. The van der Waals surface area contributed by atoms with Crippen molar-refractivity contribution in [1.82, 2.24) is 20.4 Å². The molecule has 1 amide bonds. The highest BCUT2D eigenvalue weighted by Crippen LogP contribution is 2.37. The van der Waals surface area contributed by atoms with Crippen molar-refractivity contribution in [2.75, 3.05) is 26.7 Å². The highest BCUT2D eigenvalue weighted by atomic mass is 19.4. The summed E-state index contributed by atoms with van der Waals surface area (Å²) in [7, 11) is 2.09. The molecular weight excluding hydrogens is 493 g/mol. The van der Waals surface area contributed by atoms with Crippen molar-refractivity contribution in [2.45, 2.75) is 24.4 Å². The van der Waals surface area contributed by atoms with Crippen LogP contribution in [0.3, 0.4) is 0 Å². The Morgan fingerprint density at radius 2 is 1.63 bits per heavy atom. The predicted octanol–water partition coefficient (Wildman–Crippen LogP) is 5.82. The van der Waals surface area contributed by atoms with Crippen LogP contribution in [0.2, 0.25) is 0 Å². The van der Waals surface area contributed by atoms with E-state index in [1.54, 1.807) is 12.1 Å². The maximum Gasteiger partial charge on any atom is 0.471 e. The highest BCUT2D eigenvalue weighted by molar-refractivity contribution is 5.95. The number of rotatable bonds is 6. The summed E-state index contributed by atoms with van der Waals surface area (Å²) in [5.74, 6) is -1.97. The molecule has 0 saturated carbocycles. The molecule has 0 spiro atoms. The molecule has 9 heteroatoms. The van der Waals surface area contributed by atoms with Gasteiger partial charge in [0.15, 0.2) is 0 Å². The smallest absolute Gasteiger partial charge is 0.351 e. The van der Waals surface area contributed by atoms with E-state index in [0.717, 1.165) is 37.1 Å². The van der Waals surface area contributed by atoms with Crippen LogP contribution in [0.5, 0.6) is 0 Å². The quantitative estimate of drug-likeness (QED) is 0.347. The Bertz CT molecular complexity index is 1410. The Kier molecular flexibility index (Phi) is 7.03. The number of alkyl halides is 3. The molecule has 4 aromatic rings. The number of amides is 1. The van der Waals surface area contributed by atoms with Crippen LogP contribution in [0.15, 0.2) is 83.4 Å². The molecule has 1 aliphatic heterocycles. The second-order valence-electron chi connectivity index (χ2n) is 9.71. The zero-order valence-corrected chi connectivity index (χ0v) is 20.8. The predicted molar refractivity (Wildman–Crippen MR) is 137 cm³/mol. The lowest BCUT2D eigenvalue weighted by molar-refractivity contribution is -0.159. The van der Waals surface area contributed by atoms with Crippen LogP contribution in [0, 0.1) is 0 Å². The highest BCUT2D eigenvalue weighted by Gasteiger charge is 2.39. The summed E-state index contributed by atoms with van der Waals surface area (Å²) in [4.78, 5) is 18.9. The SMILES string of the molecule is CN1CCC(CNC(=O)c2cccc(-c3noc(C(F)(F)F)n3)c2)(c2cccc(-c3ccccc3)c2)CC1. The van der Waals surface area contributed by atoms with Gasteiger partial charge in [-0.3, -0.25) is 4.79 Å². The van der Waals surface area contributed by atoms with Gasteiger partial charge in [0.25, 0.3) is 5.91 Å². The van der Waals surface area contributed by atoms with Gasteiger partial charge in [0.1, 0.15) is 0 Å². The Morgan fingerprint density at radius 3 is 2.34 bits per heavy atom. The molecule has 6 nitrogen and oxygen atoms in total. The number of nitrogens with zero attached hydrogens (tertiary/aromatic N) is 3. The first-order valence-corrected chi connectivity index (χ1v) is 12.4. The maximum absolute atomic E-state index is 13.2. The fraction of sp³-hybridized carbons (Fsp3) is 0.276. The third-order valence-corrected chi connectivity index (χ3v) is 7.17. The molecule has 0 bridgehead atoms. The zero-order valence-electron chi connectivity index (χ0n) is 20.8. The average Bonchev–Trinajstić information content (AvgIpc) is 3.45. The van der Waals surface area contributed by atoms with Crippen molar-refractivity contribution < 1.29 is 22.5 Å². The van der Waals surface area contributed by atoms with Crippen LogP contribution in [0.25, 0.3) is 22.5 Å². The van der Waals surface area contributed by atoms with E-state index >= 15 is 0 Å². The first kappa shape index (κ1) is 25.7. The third kappa shape index (κ3) is 5.47. The maximum atomic E-state index is 13.2. The number of hydrogen-bond donors (Lipinski definition) is 1. The number of likely N-dealkylation sites (tertiary alicyclic amines) is 1. The molecule has 5 rings (SSSR count). The van der Waals surface area contributed by atoms with Crippen LogP contribution < -0.4 is 5.32 Å². The molecule has 0 aliphatic carbocycles. The van der Waals surface area contributed by atoms with Crippen molar-refractivity contribution in [1.29, 1.82) is 0 Å². The molecule has 3 aromatic carbocycles. The summed E-state index contributed by atoms with van der Waals surface area (Å²) in [5.41, 5.74) is 3.75. The van der Waals surface area contributed by atoms with Gasteiger partial charge in [-0.25, -0.2) is 0 Å². The molecule has 2 heterocycles. The van der Waals surface area contributed by atoms with Crippen molar-refractivity contribution in [2.24, 2.45) is 0 Å². The number of halogens is 3. The van der Waals surface area contributed by atoms with Gasteiger partial charge in [0.2, 0.25) is 5.82 Å². The van der Waals surface area contributed by atoms with Crippen LogP contribution in [0.1, 0.15) is 34.7 Å². The molecule has 1 fully saturated rings. The molecule has 0 unspecified atom stereocenters. The van der Waals surface area contributed by atoms with Crippen molar-refractivity contribution in [3.63, 3.8) is 0 Å². The number of carbonyl (C=O) groups excluding carboxylic acids is 1. The molecule has 0 atom stereocenters. The Labute approximate surface area is 218 Å². The monoisotopic (exact) mass is 520 g/mol. The third-order valence-electron chi connectivity index (χ3n) is 7.17. The first-order chi connectivity index (χ1) is 18.2. The molecule has 38 heavy (non-hydrogen) atoms. The molecule has 0 radical (unpaired) electrons. The van der Waals surface area contributed by atoms with Gasteiger partial charge >= 0.3 is 12.1 Å². The van der Waals surface area contributed by atoms with E-state index in [1.807, 2.05) is 18.2 Å². The Hall–Kier alpha value is -3.98. The van der Waals surface area contributed by atoms with Crippen LogP contribution >= 0.6 is 0 Å². The number of hydrogen-bond acceptors (Lipinski definition) is 5. The topological polar surface area (TPSA) is 71.3 Å². The minimum Gasteiger partial charge on any atom is -0.351 e. The summed E-state index contributed by atoms with van der Waals surface area (Å²) in [6.45, 7) is 2.24. The zero-order chi connectivity index (χ0) is 26.8. The molecular formula is C29H27F3N4O2. The van der Waals surface area contributed by atoms with Gasteiger partial charge < -0.3 is 14.7 Å². The fourth-order valence-electron chi connectivity index (χ4n) is 4.88. The van der Waals surface area contributed by atoms with E-state index in [1.165, 1.54) is 17.7 Å². The minimum atomic E-state index is -4.74. The molecule has 1 N–H and O–H groups in total. The second-order valence-corrected chi connectivity index (χ2v) is 9.71. The van der Waals surface area contributed by atoms with E-state index in [9.17, 15) is 18.0 Å². The minimum absolute atomic E-state index is 0.225. The normalized spacial score (nSPS) is 15.8. The second kappa shape index (κ2) is 10.4. The lowest BCUT2D eigenvalue weighted by Crippen LogP contribution is -2.48. The van der Waals surface area contributed by atoms with E-state index in [4.69, 9.17) is 0 Å². The lowest BCUT2D eigenvalue weighted by atomic mass is 9.72. The van der Waals surface area contributed by atoms with Gasteiger partial charge in [-0.05, 0) is 61.8 Å². The number of aromatic nitrogens is 2. The van der Waals surface area contributed by atoms with E-state index < -0.39 is 12.1 Å². The van der Waals surface area contributed by atoms with Gasteiger partial charge in [0, 0.05) is 23.1 Å². The Morgan fingerprint density at radius 1 is 0.947 bits per heavy atom. The van der Waals surface area contributed by atoms with Crippen molar-refractivity contribution in [3.05, 3.63) is 95.9 Å². The molecule has 1 saturated heterocycles. The molecule has 1 aliphatic rings. The summed E-state index contributed by atoms with van der Waals surface area (Å²) in [5, 5.41) is 6.51. The summed E-state index contributed by atoms with van der Waals surface area (Å²) < 4.78 is 42.9. The standard InChI is InChI=1S/C29H27F3N4O2/c1-36-15-13-28(14-16-36,24-12-6-9-21(18-24)20-7-3-2-4-8-20)19-33-26(37)23-11-5-10-22(17-23)25-34-27(38-35-25)29(30,31)32/h2-12,17-18H,13-16,19H2,1H3,(H,33,37). The molecule has 196 valence electrons. The Balaban J connectivity index is 1.37. The van der Waals surface area contributed by atoms with Crippen molar-refractivity contribution >= 4 is 5.91 Å². The summed E-state index contributed by atoms with van der Waals surface area (Å²) in [6.07, 6.45) is -2.98. The average molecular weight is 521 g/mol. The lowest BCUT2D eigenvalue weighted by Gasteiger charge is -2.41. The summed E-state index contributed by atoms with van der Waals surface area (Å²) >= 11 is 0. The van der Waals surface area contributed by atoms with Gasteiger partial charge in [-0.15, -0.1) is 0 Å². The van der Waals surface area contributed by atoms with Gasteiger partial charge in [-0.2, -0.15) is 18.2 Å². The first-order valence-electron chi connectivity index (χ1n) is 12.4. The van der Waals surface area contributed by atoms with E-state index in [0.29, 0.717) is 12.1 Å². The van der Waals surface area contributed by atoms with Crippen molar-refractivity contribution in [3.8, 4) is 22.5 Å². The van der Waals surface area contributed by atoms with E-state index in [-0.39, 0.29) is 22.7 Å². The van der Waals surface area contributed by atoms with Gasteiger partial charge in [0.05, 0.1) is 0 Å². The number of nitrogens with one attached hydrogen (secondary N) is 1. The van der Waals surface area contributed by atoms with Gasteiger partial charge in [-0.1, -0.05) is 71.9 Å². The van der Waals surface area contributed by atoms with Crippen LogP contribution in [-0.2, 0) is 11.6 Å². The number of carbonyl (C=O) groups is 1. The number of benzene rings is 3. The van der Waals surface area contributed by atoms with Crippen LogP contribution in [0.4, 0.5) is 13.2 Å². The van der Waals surface area contributed by atoms with E-state index in [2.05, 4.69) is 68.3 Å². The molecule has 1 aromatic heterocycles. The van der Waals surface area contributed by atoms with Crippen LogP contribution in [-0.4, -0.2) is 47.6 Å². The largest absolute Gasteiger partial charge is 0.471 e.